The molecule has 1 amide bonds. The van der Waals surface area contributed by atoms with Crippen LogP contribution in [0.1, 0.15) is 44.7 Å². The van der Waals surface area contributed by atoms with Gasteiger partial charge in [-0.25, -0.2) is 4.79 Å². The number of hydrogen-bond acceptors (Lipinski definition) is 5. The molecule has 0 spiro atoms. The molecule has 7 heteroatoms. The minimum absolute atomic E-state index is 0.0974. The van der Waals surface area contributed by atoms with E-state index in [0.29, 0.717) is 12.7 Å². The number of rotatable bonds is 6. The topological polar surface area (TPSA) is 60.0 Å². The Kier molecular flexibility index (Phi) is 7.76. The Bertz CT molecular complexity index is 998. The Hall–Kier alpha value is -2.51. The van der Waals surface area contributed by atoms with E-state index >= 15 is 0 Å². The summed E-state index contributed by atoms with van der Waals surface area (Å²) in [7, 11) is -1.73. The highest BCUT2D eigenvalue weighted by molar-refractivity contribution is 6.74. The van der Waals surface area contributed by atoms with Crippen molar-refractivity contribution in [2.24, 2.45) is 0 Å². The minimum atomic E-state index is -1.73. The van der Waals surface area contributed by atoms with Crippen LogP contribution in [0, 0.1) is 0 Å². The van der Waals surface area contributed by atoms with Crippen molar-refractivity contribution in [2.75, 3.05) is 24.6 Å². The van der Waals surface area contributed by atoms with Crippen LogP contribution in [0.3, 0.4) is 0 Å². The molecule has 1 atom stereocenters. The van der Waals surface area contributed by atoms with Crippen molar-refractivity contribution in [1.29, 1.82) is 0 Å². The summed E-state index contributed by atoms with van der Waals surface area (Å²) >= 11 is 0. The number of hydrogen-bond donors (Lipinski definition) is 1. The van der Waals surface area contributed by atoms with Gasteiger partial charge in [0.2, 0.25) is 0 Å². The van der Waals surface area contributed by atoms with E-state index < -0.39 is 14.4 Å². The maximum atomic E-state index is 12.2. The van der Waals surface area contributed by atoms with Crippen molar-refractivity contribution >= 4 is 20.1 Å². The molecule has 6 nitrogen and oxygen atoms in total. The van der Waals surface area contributed by atoms with Gasteiger partial charge < -0.3 is 24.1 Å². The fourth-order valence-corrected chi connectivity index (χ4v) is 5.83. The maximum absolute atomic E-state index is 12.2. The Balaban J connectivity index is 1.26. The lowest BCUT2D eigenvalue weighted by Crippen LogP contribution is -2.47. The molecule has 1 saturated heterocycles. The molecular weight excluding hydrogens is 456 g/mol. The van der Waals surface area contributed by atoms with E-state index in [0.717, 1.165) is 49.2 Å². The Morgan fingerprint density at radius 2 is 1.83 bits per heavy atom. The van der Waals surface area contributed by atoms with Crippen molar-refractivity contribution in [3.05, 3.63) is 59.7 Å². The predicted molar refractivity (Wildman–Crippen MR) is 143 cm³/mol. The van der Waals surface area contributed by atoms with Gasteiger partial charge in [0.25, 0.3) is 0 Å². The summed E-state index contributed by atoms with van der Waals surface area (Å²) in [5.41, 5.74) is 3.28. The molecule has 1 fully saturated rings. The number of nitrogens with zero attached hydrogens (tertiary/aromatic N) is 1. The molecule has 2 aromatic rings. The van der Waals surface area contributed by atoms with Crippen molar-refractivity contribution in [2.45, 2.75) is 76.9 Å². The number of alkyl carbamates (subject to hydrolysis) is 1. The number of ether oxygens (including phenoxy) is 2. The molecule has 4 rings (SSSR count). The van der Waals surface area contributed by atoms with Crippen molar-refractivity contribution in [1.82, 2.24) is 5.32 Å². The molecule has 0 radical (unpaired) electrons. The number of carbonyl (C=O) groups is 1. The van der Waals surface area contributed by atoms with Crippen LogP contribution in [0.25, 0.3) is 0 Å². The molecule has 0 saturated carbocycles. The number of amides is 1. The largest absolute Gasteiger partial charge is 0.491 e. The summed E-state index contributed by atoms with van der Waals surface area (Å²) in [6.07, 6.45) is 2.79. The summed E-state index contributed by atoms with van der Waals surface area (Å²) in [4.78, 5) is 14.7. The standard InChI is InChI=1S/C28H40N2O4Si/c1-28(2,3)35(4,5)34-25-13-15-30(16-14-25)24-12-11-22-17-23(20-32-26(22)18-24)29-27(31)33-19-21-9-7-6-8-10-21/h6-12,18,23,25H,13-17,19-20H2,1-5H3,(H,29,31)/t23-/m1/s1. The second-order valence-corrected chi connectivity index (χ2v) is 16.0. The summed E-state index contributed by atoms with van der Waals surface area (Å²) in [6.45, 7) is 14.3. The van der Waals surface area contributed by atoms with Crippen LogP contribution in [-0.4, -0.2) is 46.3 Å². The first kappa shape index (κ1) is 25.6. The van der Waals surface area contributed by atoms with Crippen LogP contribution < -0.4 is 15.0 Å². The number of nitrogens with one attached hydrogen (secondary N) is 1. The van der Waals surface area contributed by atoms with E-state index in [2.05, 4.69) is 62.3 Å². The molecule has 0 aromatic heterocycles. The zero-order valence-corrected chi connectivity index (χ0v) is 22.8. The lowest BCUT2D eigenvalue weighted by Gasteiger charge is -2.42. The summed E-state index contributed by atoms with van der Waals surface area (Å²) < 4.78 is 18.0. The third-order valence-electron chi connectivity index (χ3n) is 7.57. The van der Waals surface area contributed by atoms with E-state index in [1.54, 1.807) is 0 Å². The van der Waals surface area contributed by atoms with Crippen LogP contribution in [0.2, 0.25) is 18.1 Å². The molecule has 0 bridgehead atoms. The smallest absolute Gasteiger partial charge is 0.407 e. The van der Waals surface area contributed by atoms with E-state index in [1.807, 2.05) is 30.3 Å². The highest BCUT2D eigenvalue weighted by Gasteiger charge is 2.39. The molecular formula is C28H40N2O4Si. The molecule has 35 heavy (non-hydrogen) atoms. The monoisotopic (exact) mass is 496 g/mol. The van der Waals surface area contributed by atoms with Crippen molar-refractivity contribution < 1.29 is 18.7 Å². The van der Waals surface area contributed by atoms with Crippen LogP contribution in [0.15, 0.2) is 48.5 Å². The number of carbonyl (C=O) groups excluding carboxylic acids is 1. The third-order valence-corrected chi connectivity index (χ3v) is 12.1. The molecule has 2 aromatic carbocycles. The normalized spacial score (nSPS) is 19.0. The molecule has 2 heterocycles. The zero-order chi connectivity index (χ0) is 25.1. The van der Waals surface area contributed by atoms with Crippen LogP contribution in [0.4, 0.5) is 10.5 Å². The summed E-state index contributed by atoms with van der Waals surface area (Å²) in [5, 5.41) is 3.18. The number of piperidine rings is 1. The van der Waals surface area contributed by atoms with Gasteiger partial charge in [0.05, 0.1) is 6.04 Å². The van der Waals surface area contributed by atoms with Gasteiger partial charge in [-0.3, -0.25) is 0 Å². The lowest BCUT2D eigenvalue weighted by atomic mass is 10.0. The van der Waals surface area contributed by atoms with Crippen molar-refractivity contribution in [3.8, 4) is 5.75 Å². The van der Waals surface area contributed by atoms with E-state index in [4.69, 9.17) is 13.9 Å². The average Bonchev–Trinajstić information content (AvgIpc) is 2.83. The fourth-order valence-electron chi connectivity index (χ4n) is 4.41. The van der Waals surface area contributed by atoms with Gasteiger partial charge in [-0.15, -0.1) is 0 Å². The quantitative estimate of drug-likeness (QED) is 0.504. The molecule has 0 unspecified atom stereocenters. The molecule has 1 N–H and O–H groups in total. The number of benzene rings is 2. The summed E-state index contributed by atoms with van der Waals surface area (Å²) in [5.74, 6) is 0.915. The molecule has 190 valence electrons. The summed E-state index contributed by atoms with van der Waals surface area (Å²) in [6, 6.07) is 16.0. The van der Waals surface area contributed by atoms with Crippen LogP contribution in [-0.2, 0) is 22.2 Å². The highest BCUT2D eigenvalue weighted by Crippen LogP contribution is 2.39. The van der Waals surface area contributed by atoms with Crippen molar-refractivity contribution in [3.63, 3.8) is 0 Å². The highest BCUT2D eigenvalue weighted by atomic mass is 28.4. The first-order chi connectivity index (χ1) is 16.6. The third kappa shape index (κ3) is 6.58. The van der Waals surface area contributed by atoms with Gasteiger partial charge in [0, 0.05) is 30.9 Å². The van der Waals surface area contributed by atoms with Gasteiger partial charge in [-0.2, -0.15) is 0 Å². The lowest BCUT2D eigenvalue weighted by molar-refractivity contribution is 0.128. The van der Waals surface area contributed by atoms with Gasteiger partial charge >= 0.3 is 6.09 Å². The molecule has 2 aliphatic heterocycles. The second-order valence-electron chi connectivity index (χ2n) is 11.3. The van der Waals surface area contributed by atoms with E-state index in [1.165, 1.54) is 5.69 Å². The van der Waals surface area contributed by atoms with E-state index in [-0.39, 0.29) is 17.7 Å². The minimum Gasteiger partial charge on any atom is -0.491 e. The second kappa shape index (κ2) is 10.6. The first-order valence-electron chi connectivity index (χ1n) is 12.8. The average molecular weight is 497 g/mol. The Morgan fingerprint density at radius 1 is 1.11 bits per heavy atom. The van der Waals surface area contributed by atoms with Crippen LogP contribution in [0.5, 0.6) is 5.75 Å². The van der Waals surface area contributed by atoms with Crippen LogP contribution >= 0.6 is 0 Å². The molecule has 0 aliphatic carbocycles. The number of fused-ring (bicyclic) bond motifs is 1. The van der Waals surface area contributed by atoms with Gasteiger partial charge in [0.15, 0.2) is 8.32 Å². The van der Waals surface area contributed by atoms with Gasteiger partial charge in [-0.1, -0.05) is 57.2 Å². The first-order valence-corrected chi connectivity index (χ1v) is 15.7. The Morgan fingerprint density at radius 3 is 2.51 bits per heavy atom. The SMILES string of the molecule is CC(C)(C)[Si](C)(C)OC1CCN(c2ccc3c(c2)OC[C@H](NC(=O)OCc2ccccc2)C3)CC1. The fraction of sp³-hybridized carbons (Fsp3) is 0.536. The van der Waals surface area contributed by atoms with Gasteiger partial charge in [-0.05, 0) is 54.6 Å². The van der Waals surface area contributed by atoms with E-state index in [9.17, 15) is 4.79 Å². The van der Waals surface area contributed by atoms with Gasteiger partial charge in [0.1, 0.15) is 19.0 Å². The number of anilines is 1. The zero-order valence-electron chi connectivity index (χ0n) is 21.8. The Labute approximate surface area is 211 Å². The molecule has 2 aliphatic rings. The predicted octanol–water partition coefficient (Wildman–Crippen LogP) is 5.91. The maximum Gasteiger partial charge on any atom is 0.407 e.